The first-order valence-corrected chi connectivity index (χ1v) is 6.37. The number of esters is 1. The van der Waals surface area contributed by atoms with Gasteiger partial charge in [0.25, 0.3) is 5.91 Å². The van der Waals surface area contributed by atoms with Crippen molar-refractivity contribution in [3.8, 4) is 0 Å². The Morgan fingerprint density at radius 2 is 2.26 bits per heavy atom. The topological polar surface area (TPSA) is 79.2 Å². The van der Waals surface area contributed by atoms with Gasteiger partial charge >= 0.3 is 5.97 Å². The molecule has 0 radical (unpaired) electrons. The minimum Gasteiger partial charge on any atom is -0.465 e. The molecule has 0 unspecified atom stereocenters. The Labute approximate surface area is 117 Å². The maximum Gasteiger partial charge on any atom is 0.326 e. The van der Waals surface area contributed by atoms with Gasteiger partial charge < -0.3 is 9.94 Å². The molecule has 6 nitrogen and oxygen atoms in total. The molecule has 100 valence electrons. The Morgan fingerprint density at radius 3 is 2.89 bits per heavy atom. The number of carbonyl (C=O) groups excluding carboxylic acids is 2. The third-order valence-corrected chi connectivity index (χ3v) is 3.14. The molecule has 1 aliphatic rings. The highest BCUT2D eigenvalue weighted by atomic mass is 79.9. The average Bonchev–Trinajstić information content (AvgIpc) is 2.62. The highest BCUT2D eigenvalue weighted by molar-refractivity contribution is 9.10. The smallest absolute Gasteiger partial charge is 0.326 e. The molecule has 0 spiro atoms. The van der Waals surface area contributed by atoms with Crippen LogP contribution in [0.25, 0.3) is 0 Å². The summed E-state index contributed by atoms with van der Waals surface area (Å²) in [5, 5.41) is 11.9. The van der Waals surface area contributed by atoms with Gasteiger partial charge in [-0.15, -0.1) is 0 Å². The second-order valence-corrected chi connectivity index (χ2v) is 4.72. The second kappa shape index (κ2) is 5.40. The van der Waals surface area contributed by atoms with Gasteiger partial charge in [-0.1, -0.05) is 21.1 Å². The van der Waals surface area contributed by atoms with E-state index in [-0.39, 0.29) is 18.9 Å². The van der Waals surface area contributed by atoms with Crippen LogP contribution in [0.4, 0.5) is 5.69 Å². The van der Waals surface area contributed by atoms with Crippen LogP contribution in [-0.4, -0.2) is 35.9 Å². The monoisotopic (exact) mass is 326 g/mol. The molecule has 2 rings (SSSR count). The number of hydrogen-bond donors (Lipinski definition) is 1. The Bertz CT molecular complexity index is 571. The van der Waals surface area contributed by atoms with E-state index >= 15 is 0 Å². The number of hydrogen-bond acceptors (Lipinski definition) is 5. The van der Waals surface area contributed by atoms with Crippen molar-refractivity contribution in [1.82, 2.24) is 0 Å². The standard InChI is InChI=1S/C12H11BrN2O4/c1-2-19-10(16)6-15-9-4-3-7(13)5-8(9)11(14-18)12(15)17/h3-5,18H,2,6H2,1H3. The van der Waals surface area contributed by atoms with Gasteiger partial charge in [-0.25, -0.2) is 0 Å². The quantitative estimate of drug-likeness (QED) is 0.519. The lowest BCUT2D eigenvalue weighted by Crippen LogP contribution is -2.35. The molecule has 1 aliphatic heterocycles. The molecule has 0 fully saturated rings. The third-order valence-electron chi connectivity index (χ3n) is 2.64. The summed E-state index contributed by atoms with van der Waals surface area (Å²) in [6, 6.07) is 5.08. The lowest BCUT2D eigenvalue weighted by atomic mass is 10.1. The van der Waals surface area contributed by atoms with Gasteiger partial charge in [-0.05, 0) is 25.1 Å². The fraction of sp³-hybridized carbons (Fsp3) is 0.250. The van der Waals surface area contributed by atoms with E-state index in [0.29, 0.717) is 11.3 Å². The van der Waals surface area contributed by atoms with Crippen LogP contribution < -0.4 is 4.90 Å². The van der Waals surface area contributed by atoms with Crippen molar-refractivity contribution in [3.63, 3.8) is 0 Å². The molecule has 1 amide bonds. The lowest BCUT2D eigenvalue weighted by molar-refractivity contribution is -0.142. The van der Waals surface area contributed by atoms with Crippen molar-refractivity contribution in [2.24, 2.45) is 5.16 Å². The Balaban J connectivity index is 2.37. The molecule has 1 N–H and O–H groups in total. The average molecular weight is 327 g/mol. The molecule has 0 aromatic heterocycles. The van der Waals surface area contributed by atoms with Crippen molar-refractivity contribution in [2.75, 3.05) is 18.1 Å². The predicted molar refractivity (Wildman–Crippen MR) is 71.5 cm³/mol. The van der Waals surface area contributed by atoms with Crippen LogP contribution in [0.2, 0.25) is 0 Å². The second-order valence-electron chi connectivity index (χ2n) is 3.81. The van der Waals surface area contributed by atoms with Crippen molar-refractivity contribution in [1.29, 1.82) is 0 Å². The number of halogens is 1. The van der Waals surface area contributed by atoms with Gasteiger partial charge in [-0.3, -0.25) is 14.5 Å². The van der Waals surface area contributed by atoms with Crippen molar-refractivity contribution in [3.05, 3.63) is 28.2 Å². The summed E-state index contributed by atoms with van der Waals surface area (Å²) in [5.41, 5.74) is 0.917. The zero-order chi connectivity index (χ0) is 14.0. The summed E-state index contributed by atoms with van der Waals surface area (Å²) >= 11 is 3.28. The molecular formula is C12H11BrN2O4. The summed E-state index contributed by atoms with van der Waals surface area (Å²) < 4.78 is 5.56. The number of carbonyl (C=O) groups is 2. The molecule has 0 bridgehead atoms. The van der Waals surface area contributed by atoms with Gasteiger partial charge in [0.1, 0.15) is 6.54 Å². The van der Waals surface area contributed by atoms with E-state index in [9.17, 15) is 9.59 Å². The number of anilines is 1. The maximum absolute atomic E-state index is 12.1. The SMILES string of the molecule is CCOC(=O)CN1C(=O)C(=NO)c2cc(Br)ccc21. The van der Waals surface area contributed by atoms with Crippen molar-refractivity contribution in [2.45, 2.75) is 6.92 Å². The number of benzene rings is 1. The van der Waals surface area contributed by atoms with Crippen LogP contribution in [0.5, 0.6) is 0 Å². The summed E-state index contributed by atoms with van der Waals surface area (Å²) in [4.78, 5) is 24.8. The van der Waals surface area contributed by atoms with E-state index in [1.54, 1.807) is 25.1 Å². The zero-order valence-corrected chi connectivity index (χ0v) is 11.7. The minimum atomic E-state index is -0.524. The molecule has 0 saturated carbocycles. The third kappa shape index (κ3) is 2.46. The fourth-order valence-electron chi connectivity index (χ4n) is 1.88. The number of fused-ring (bicyclic) bond motifs is 1. The molecule has 1 aromatic rings. The van der Waals surface area contributed by atoms with E-state index in [4.69, 9.17) is 9.94 Å². The van der Waals surface area contributed by atoms with Crippen LogP contribution in [0.15, 0.2) is 27.8 Å². The van der Waals surface area contributed by atoms with Crippen LogP contribution >= 0.6 is 15.9 Å². The molecule has 19 heavy (non-hydrogen) atoms. The summed E-state index contributed by atoms with van der Waals surface area (Å²) in [7, 11) is 0. The Kier molecular flexibility index (Phi) is 3.84. The number of ether oxygens (including phenoxy) is 1. The summed E-state index contributed by atoms with van der Waals surface area (Å²) in [6.07, 6.45) is 0. The van der Waals surface area contributed by atoms with Crippen molar-refractivity contribution < 1.29 is 19.5 Å². The molecular weight excluding hydrogens is 316 g/mol. The first-order valence-electron chi connectivity index (χ1n) is 5.58. The maximum atomic E-state index is 12.1. The van der Waals surface area contributed by atoms with Gasteiger partial charge in [0.2, 0.25) is 0 Å². The first kappa shape index (κ1) is 13.5. The van der Waals surface area contributed by atoms with Gasteiger partial charge in [0, 0.05) is 10.0 Å². The highest BCUT2D eigenvalue weighted by Crippen LogP contribution is 2.31. The van der Waals surface area contributed by atoms with Crippen LogP contribution in [-0.2, 0) is 14.3 Å². The zero-order valence-electron chi connectivity index (χ0n) is 10.1. The summed E-state index contributed by atoms with van der Waals surface area (Å²) in [6.45, 7) is 1.73. The van der Waals surface area contributed by atoms with Crippen molar-refractivity contribution >= 4 is 39.2 Å². The van der Waals surface area contributed by atoms with E-state index in [2.05, 4.69) is 21.1 Å². The normalized spacial score (nSPS) is 15.8. The van der Waals surface area contributed by atoms with E-state index in [0.717, 1.165) is 4.47 Å². The van der Waals surface area contributed by atoms with Gasteiger partial charge in [-0.2, -0.15) is 0 Å². The molecule has 1 heterocycles. The Hall–Kier alpha value is -1.89. The van der Waals surface area contributed by atoms with E-state index < -0.39 is 11.9 Å². The number of amides is 1. The van der Waals surface area contributed by atoms with Crippen LogP contribution in [0.1, 0.15) is 12.5 Å². The lowest BCUT2D eigenvalue weighted by Gasteiger charge is -2.15. The Morgan fingerprint density at radius 1 is 1.53 bits per heavy atom. The largest absolute Gasteiger partial charge is 0.465 e. The molecule has 0 saturated heterocycles. The number of oxime groups is 1. The predicted octanol–water partition coefficient (Wildman–Crippen LogP) is 1.54. The fourth-order valence-corrected chi connectivity index (χ4v) is 2.24. The highest BCUT2D eigenvalue weighted by Gasteiger charge is 2.36. The molecule has 1 aromatic carbocycles. The molecule has 0 atom stereocenters. The van der Waals surface area contributed by atoms with E-state index in [1.165, 1.54) is 4.90 Å². The van der Waals surface area contributed by atoms with Gasteiger partial charge in [0.15, 0.2) is 5.71 Å². The first-order chi connectivity index (χ1) is 9.08. The minimum absolute atomic E-state index is 0.0828. The molecule has 0 aliphatic carbocycles. The summed E-state index contributed by atoms with van der Waals surface area (Å²) in [5.74, 6) is -1.03. The molecule has 7 heteroatoms. The van der Waals surface area contributed by atoms with Crippen LogP contribution in [0, 0.1) is 0 Å². The van der Waals surface area contributed by atoms with Crippen LogP contribution in [0.3, 0.4) is 0 Å². The van der Waals surface area contributed by atoms with E-state index in [1.807, 2.05) is 0 Å². The van der Waals surface area contributed by atoms with Gasteiger partial charge in [0.05, 0.1) is 12.3 Å². The number of nitrogens with zero attached hydrogens (tertiary/aromatic N) is 2. The number of rotatable bonds is 3.